The van der Waals surface area contributed by atoms with Gasteiger partial charge in [0.2, 0.25) is 0 Å². The molecule has 0 saturated heterocycles. The van der Waals surface area contributed by atoms with Crippen LogP contribution in [0.1, 0.15) is 49.9 Å². The number of carbonyl (C=O) groups is 1. The number of rotatable bonds is 7. The summed E-state index contributed by atoms with van der Waals surface area (Å²) in [6.45, 7) is 4.34. The maximum Gasteiger partial charge on any atom is 0.336 e. The molecule has 0 fully saturated rings. The molecule has 2 N–H and O–H groups in total. The fourth-order valence-corrected chi connectivity index (χ4v) is 2.38. The molecule has 0 amide bonds. The molecular formula is C14H20BrNO2. The molecule has 0 aliphatic rings. The summed E-state index contributed by atoms with van der Waals surface area (Å²) < 4.78 is 0.612. The molecule has 0 aromatic heterocycles. The Balaban J connectivity index is 2.57. The predicted octanol–water partition coefficient (Wildman–Crippen LogP) is 4.53. The van der Waals surface area contributed by atoms with E-state index in [2.05, 4.69) is 35.1 Å². The minimum absolute atomic E-state index is 0.291. The Kier molecular flexibility index (Phi) is 6.19. The van der Waals surface area contributed by atoms with Crippen molar-refractivity contribution >= 4 is 27.6 Å². The Morgan fingerprint density at radius 3 is 2.72 bits per heavy atom. The van der Waals surface area contributed by atoms with E-state index in [0.717, 1.165) is 12.1 Å². The first-order valence-electron chi connectivity index (χ1n) is 6.34. The minimum atomic E-state index is -0.913. The lowest BCUT2D eigenvalue weighted by atomic mass is 10.1. The molecule has 1 unspecified atom stereocenters. The molecule has 18 heavy (non-hydrogen) atoms. The van der Waals surface area contributed by atoms with E-state index in [1.54, 1.807) is 6.07 Å². The molecular weight excluding hydrogens is 294 g/mol. The zero-order valence-corrected chi connectivity index (χ0v) is 12.5. The Hall–Kier alpha value is -1.03. The SMILES string of the molecule is CCCCCC(C)Nc1ccc(C(=O)O)c(Br)c1. The molecule has 3 nitrogen and oxygen atoms in total. The van der Waals surface area contributed by atoms with Gasteiger partial charge in [-0.2, -0.15) is 0 Å². The van der Waals surface area contributed by atoms with Crippen molar-refractivity contribution in [2.45, 2.75) is 45.6 Å². The summed E-state index contributed by atoms with van der Waals surface area (Å²) in [5.41, 5.74) is 1.25. The molecule has 0 radical (unpaired) electrons. The number of anilines is 1. The van der Waals surface area contributed by atoms with Gasteiger partial charge in [0.05, 0.1) is 5.56 Å². The third-order valence-electron chi connectivity index (χ3n) is 2.85. The monoisotopic (exact) mass is 313 g/mol. The highest BCUT2D eigenvalue weighted by Crippen LogP contribution is 2.22. The fourth-order valence-electron chi connectivity index (χ4n) is 1.84. The largest absolute Gasteiger partial charge is 0.478 e. The van der Waals surface area contributed by atoms with E-state index in [-0.39, 0.29) is 0 Å². The number of halogens is 1. The van der Waals surface area contributed by atoms with Gasteiger partial charge in [0, 0.05) is 16.2 Å². The normalized spacial score (nSPS) is 12.2. The molecule has 0 aliphatic heterocycles. The number of benzene rings is 1. The van der Waals surface area contributed by atoms with Gasteiger partial charge in [0.15, 0.2) is 0 Å². The standard InChI is InChI=1S/C14H20BrNO2/c1-3-4-5-6-10(2)16-11-7-8-12(14(17)18)13(15)9-11/h7-10,16H,3-6H2,1-2H3,(H,17,18). The maximum atomic E-state index is 10.9. The molecule has 4 heteroatoms. The molecule has 0 saturated carbocycles. The minimum Gasteiger partial charge on any atom is -0.478 e. The zero-order chi connectivity index (χ0) is 13.5. The van der Waals surface area contributed by atoms with Gasteiger partial charge in [-0.05, 0) is 47.5 Å². The van der Waals surface area contributed by atoms with Gasteiger partial charge in [0.1, 0.15) is 0 Å². The van der Waals surface area contributed by atoms with Gasteiger partial charge in [-0.15, -0.1) is 0 Å². The lowest BCUT2D eigenvalue weighted by Gasteiger charge is -2.15. The number of aromatic carboxylic acids is 1. The van der Waals surface area contributed by atoms with Crippen LogP contribution in [0.25, 0.3) is 0 Å². The highest BCUT2D eigenvalue weighted by atomic mass is 79.9. The Bertz CT molecular complexity index is 407. The van der Waals surface area contributed by atoms with Crippen LogP contribution >= 0.6 is 15.9 Å². The average molecular weight is 314 g/mol. The van der Waals surface area contributed by atoms with E-state index in [1.807, 2.05) is 12.1 Å². The van der Waals surface area contributed by atoms with Gasteiger partial charge >= 0.3 is 5.97 Å². The first kappa shape index (κ1) is 15.0. The third-order valence-corrected chi connectivity index (χ3v) is 3.51. The van der Waals surface area contributed by atoms with Crippen LogP contribution in [0.15, 0.2) is 22.7 Å². The van der Waals surface area contributed by atoms with Crippen molar-refractivity contribution < 1.29 is 9.90 Å². The Morgan fingerprint density at radius 1 is 1.44 bits per heavy atom. The second-order valence-corrected chi connectivity index (χ2v) is 5.40. The molecule has 1 aromatic rings. The first-order valence-corrected chi connectivity index (χ1v) is 7.13. The fraction of sp³-hybridized carbons (Fsp3) is 0.500. The van der Waals surface area contributed by atoms with Crippen LogP contribution in [-0.4, -0.2) is 17.1 Å². The second-order valence-electron chi connectivity index (χ2n) is 4.54. The smallest absolute Gasteiger partial charge is 0.336 e. The van der Waals surface area contributed by atoms with Crippen LogP contribution in [0, 0.1) is 0 Å². The summed E-state index contributed by atoms with van der Waals surface area (Å²) in [6, 6.07) is 5.65. The molecule has 1 rings (SSSR count). The first-order chi connectivity index (χ1) is 8.54. The predicted molar refractivity (Wildman–Crippen MR) is 78.3 cm³/mol. The van der Waals surface area contributed by atoms with Crippen molar-refractivity contribution in [3.8, 4) is 0 Å². The van der Waals surface area contributed by atoms with E-state index in [0.29, 0.717) is 16.1 Å². The van der Waals surface area contributed by atoms with E-state index < -0.39 is 5.97 Å². The highest BCUT2D eigenvalue weighted by Gasteiger charge is 2.09. The molecule has 0 aliphatic carbocycles. The third kappa shape index (κ3) is 4.69. The van der Waals surface area contributed by atoms with Gasteiger partial charge in [-0.25, -0.2) is 4.79 Å². The van der Waals surface area contributed by atoms with E-state index in [9.17, 15) is 4.79 Å². The van der Waals surface area contributed by atoms with Crippen LogP contribution in [0.2, 0.25) is 0 Å². The number of carboxylic acid groups (broad SMARTS) is 1. The lowest BCUT2D eigenvalue weighted by Crippen LogP contribution is -2.15. The van der Waals surface area contributed by atoms with Crippen molar-refractivity contribution in [3.63, 3.8) is 0 Å². The summed E-state index contributed by atoms with van der Waals surface area (Å²) in [5.74, 6) is -0.913. The van der Waals surface area contributed by atoms with Crippen LogP contribution in [0.5, 0.6) is 0 Å². The van der Waals surface area contributed by atoms with Crippen molar-refractivity contribution in [1.29, 1.82) is 0 Å². The van der Waals surface area contributed by atoms with E-state index in [4.69, 9.17) is 5.11 Å². The zero-order valence-electron chi connectivity index (χ0n) is 10.9. The van der Waals surface area contributed by atoms with Gasteiger partial charge in [-0.3, -0.25) is 0 Å². The molecule has 0 heterocycles. The number of unbranched alkanes of at least 4 members (excludes halogenated alkanes) is 2. The summed E-state index contributed by atoms with van der Waals surface area (Å²) in [4.78, 5) is 10.9. The summed E-state index contributed by atoms with van der Waals surface area (Å²) in [7, 11) is 0. The molecule has 0 bridgehead atoms. The number of hydrogen-bond acceptors (Lipinski definition) is 2. The van der Waals surface area contributed by atoms with Crippen LogP contribution in [0.4, 0.5) is 5.69 Å². The van der Waals surface area contributed by atoms with Crippen molar-refractivity contribution in [2.24, 2.45) is 0 Å². The number of nitrogens with one attached hydrogen (secondary N) is 1. The molecule has 1 atom stereocenters. The van der Waals surface area contributed by atoms with Crippen molar-refractivity contribution in [3.05, 3.63) is 28.2 Å². The number of carboxylic acids is 1. The van der Waals surface area contributed by atoms with E-state index >= 15 is 0 Å². The van der Waals surface area contributed by atoms with Crippen LogP contribution in [-0.2, 0) is 0 Å². The second kappa shape index (κ2) is 7.41. The summed E-state index contributed by atoms with van der Waals surface area (Å²) in [5, 5.41) is 12.3. The highest BCUT2D eigenvalue weighted by molar-refractivity contribution is 9.10. The average Bonchev–Trinajstić information content (AvgIpc) is 2.28. The van der Waals surface area contributed by atoms with Gasteiger partial charge < -0.3 is 10.4 Å². The van der Waals surface area contributed by atoms with Gasteiger partial charge in [0.25, 0.3) is 0 Å². The van der Waals surface area contributed by atoms with Crippen molar-refractivity contribution in [1.82, 2.24) is 0 Å². The maximum absolute atomic E-state index is 10.9. The topological polar surface area (TPSA) is 49.3 Å². The molecule has 1 aromatic carbocycles. The van der Waals surface area contributed by atoms with E-state index in [1.165, 1.54) is 19.3 Å². The molecule has 0 spiro atoms. The van der Waals surface area contributed by atoms with Crippen LogP contribution in [0.3, 0.4) is 0 Å². The molecule has 100 valence electrons. The van der Waals surface area contributed by atoms with Crippen molar-refractivity contribution in [2.75, 3.05) is 5.32 Å². The quantitative estimate of drug-likeness (QED) is 0.727. The van der Waals surface area contributed by atoms with Gasteiger partial charge in [-0.1, -0.05) is 26.2 Å². The summed E-state index contributed by atoms with van der Waals surface area (Å²) >= 11 is 3.28. The Labute approximate surface area is 117 Å². The lowest BCUT2D eigenvalue weighted by molar-refractivity contribution is 0.0696. The summed E-state index contributed by atoms with van der Waals surface area (Å²) in [6.07, 6.45) is 4.84. The van der Waals surface area contributed by atoms with Crippen LogP contribution < -0.4 is 5.32 Å². The number of hydrogen-bond donors (Lipinski definition) is 2. The Morgan fingerprint density at radius 2 is 2.17 bits per heavy atom.